The maximum atomic E-state index is 14.0. The van der Waals surface area contributed by atoms with Gasteiger partial charge in [0.25, 0.3) is 5.92 Å². The maximum absolute atomic E-state index is 14.0. The SMILES string of the molecule is OCC(F)(F)[C@H](c1cccc(F)c1)N1CCNCC1. The van der Waals surface area contributed by atoms with Crippen molar-refractivity contribution in [3.8, 4) is 0 Å². The minimum absolute atomic E-state index is 0.195. The van der Waals surface area contributed by atoms with Crippen LogP contribution >= 0.6 is 0 Å². The first kappa shape index (κ1) is 14.3. The van der Waals surface area contributed by atoms with Crippen molar-refractivity contribution in [1.29, 1.82) is 0 Å². The summed E-state index contributed by atoms with van der Waals surface area (Å²) in [4.78, 5) is 1.58. The van der Waals surface area contributed by atoms with E-state index in [0.717, 1.165) is 6.07 Å². The fraction of sp³-hybridized carbons (Fsp3) is 0.538. The van der Waals surface area contributed by atoms with Crippen molar-refractivity contribution in [1.82, 2.24) is 10.2 Å². The van der Waals surface area contributed by atoms with Crippen LogP contribution in [0.5, 0.6) is 0 Å². The number of aliphatic hydroxyl groups excluding tert-OH is 1. The molecule has 1 aliphatic heterocycles. The molecule has 1 atom stereocenters. The first-order valence-electron chi connectivity index (χ1n) is 6.23. The lowest BCUT2D eigenvalue weighted by atomic mass is 9.98. The molecular weight excluding hydrogens is 257 g/mol. The summed E-state index contributed by atoms with van der Waals surface area (Å²) in [5.41, 5.74) is 0.195. The van der Waals surface area contributed by atoms with E-state index < -0.39 is 24.4 Å². The van der Waals surface area contributed by atoms with E-state index in [-0.39, 0.29) is 5.56 Å². The zero-order valence-electron chi connectivity index (χ0n) is 10.5. The molecule has 106 valence electrons. The average molecular weight is 274 g/mol. The number of rotatable bonds is 4. The summed E-state index contributed by atoms with van der Waals surface area (Å²) in [6.07, 6.45) is 0. The molecule has 0 spiro atoms. The molecule has 19 heavy (non-hydrogen) atoms. The van der Waals surface area contributed by atoms with Crippen molar-refractivity contribution in [2.45, 2.75) is 12.0 Å². The van der Waals surface area contributed by atoms with Crippen molar-refractivity contribution in [2.24, 2.45) is 0 Å². The number of nitrogens with one attached hydrogen (secondary N) is 1. The number of piperazine rings is 1. The van der Waals surface area contributed by atoms with Crippen LogP contribution in [0.15, 0.2) is 24.3 Å². The van der Waals surface area contributed by atoms with E-state index in [1.807, 2.05) is 0 Å². The highest BCUT2D eigenvalue weighted by Crippen LogP contribution is 2.36. The van der Waals surface area contributed by atoms with E-state index in [0.29, 0.717) is 26.2 Å². The Labute approximate surface area is 110 Å². The van der Waals surface area contributed by atoms with E-state index in [9.17, 15) is 13.2 Å². The first-order valence-corrected chi connectivity index (χ1v) is 6.23. The minimum atomic E-state index is -3.30. The second-order valence-electron chi connectivity index (χ2n) is 4.66. The Bertz CT molecular complexity index is 422. The lowest BCUT2D eigenvalue weighted by molar-refractivity contribution is -0.118. The summed E-state index contributed by atoms with van der Waals surface area (Å²) in [6.45, 7) is 0.840. The quantitative estimate of drug-likeness (QED) is 0.871. The Morgan fingerprint density at radius 3 is 2.58 bits per heavy atom. The van der Waals surface area contributed by atoms with Crippen LogP contribution in [0.2, 0.25) is 0 Å². The summed E-state index contributed by atoms with van der Waals surface area (Å²) in [7, 11) is 0. The van der Waals surface area contributed by atoms with Crippen LogP contribution in [0.25, 0.3) is 0 Å². The number of halogens is 3. The lowest BCUT2D eigenvalue weighted by Gasteiger charge is -2.38. The van der Waals surface area contributed by atoms with Crippen molar-refractivity contribution in [2.75, 3.05) is 32.8 Å². The zero-order valence-corrected chi connectivity index (χ0v) is 10.5. The van der Waals surface area contributed by atoms with E-state index in [4.69, 9.17) is 5.11 Å². The van der Waals surface area contributed by atoms with Gasteiger partial charge in [0.1, 0.15) is 18.5 Å². The van der Waals surface area contributed by atoms with Gasteiger partial charge in [-0.1, -0.05) is 12.1 Å². The van der Waals surface area contributed by atoms with Crippen LogP contribution in [0, 0.1) is 5.82 Å². The monoisotopic (exact) mass is 274 g/mol. The largest absolute Gasteiger partial charge is 0.390 e. The molecule has 0 aromatic heterocycles. The molecular formula is C13H17F3N2O. The Morgan fingerprint density at radius 1 is 1.32 bits per heavy atom. The van der Waals surface area contributed by atoms with Crippen LogP contribution in [0.1, 0.15) is 11.6 Å². The van der Waals surface area contributed by atoms with E-state index >= 15 is 0 Å². The Morgan fingerprint density at radius 2 is 2.00 bits per heavy atom. The van der Waals surface area contributed by atoms with E-state index in [1.165, 1.54) is 18.2 Å². The summed E-state index contributed by atoms with van der Waals surface area (Å²) in [5, 5.41) is 12.0. The Hall–Kier alpha value is -1.11. The van der Waals surface area contributed by atoms with Crippen molar-refractivity contribution >= 4 is 0 Å². The summed E-state index contributed by atoms with van der Waals surface area (Å²) >= 11 is 0. The lowest BCUT2D eigenvalue weighted by Crippen LogP contribution is -2.51. The Balaban J connectivity index is 2.33. The molecule has 0 radical (unpaired) electrons. The van der Waals surface area contributed by atoms with Gasteiger partial charge in [-0.3, -0.25) is 4.90 Å². The molecule has 0 aliphatic carbocycles. The third-order valence-electron chi connectivity index (χ3n) is 3.29. The van der Waals surface area contributed by atoms with Crippen LogP contribution in [0.3, 0.4) is 0 Å². The number of aliphatic hydroxyl groups is 1. The molecule has 3 nitrogen and oxygen atoms in total. The summed E-state index contributed by atoms with van der Waals surface area (Å²) in [5.74, 6) is -3.85. The number of alkyl halides is 2. The molecule has 0 unspecified atom stereocenters. The van der Waals surface area contributed by atoms with Gasteiger partial charge in [0.2, 0.25) is 0 Å². The molecule has 2 rings (SSSR count). The molecule has 1 aromatic rings. The minimum Gasteiger partial charge on any atom is -0.390 e. The highest BCUT2D eigenvalue weighted by Gasteiger charge is 2.44. The number of hydrogen-bond donors (Lipinski definition) is 2. The highest BCUT2D eigenvalue weighted by molar-refractivity contribution is 5.23. The van der Waals surface area contributed by atoms with Gasteiger partial charge in [-0.05, 0) is 17.7 Å². The van der Waals surface area contributed by atoms with Gasteiger partial charge in [0, 0.05) is 26.2 Å². The third kappa shape index (κ3) is 3.26. The smallest absolute Gasteiger partial charge is 0.289 e. The van der Waals surface area contributed by atoms with Crippen LogP contribution < -0.4 is 5.32 Å². The van der Waals surface area contributed by atoms with Gasteiger partial charge in [0.05, 0.1) is 0 Å². The number of hydrogen-bond acceptors (Lipinski definition) is 3. The second-order valence-corrected chi connectivity index (χ2v) is 4.66. The normalized spacial score (nSPS) is 19.4. The molecule has 2 N–H and O–H groups in total. The predicted molar refractivity (Wildman–Crippen MR) is 65.6 cm³/mol. The molecule has 0 bridgehead atoms. The van der Waals surface area contributed by atoms with Crippen LogP contribution in [-0.4, -0.2) is 48.7 Å². The molecule has 1 aliphatic rings. The molecule has 0 saturated carbocycles. The van der Waals surface area contributed by atoms with Crippen LogP contribution in [0.4, 0.5) is 13.2 Å². The molecule has 6 heteroatoms. The van der Waals surface area contributed by atoms with Crippen molar-refractivity contribution in [3.63, 3.8) is 0 Å². The number of benzene rings is 1. The molecule has 1 aromatic carbocycles. The highest BCUT2D eigenvalue weighted by atomic mass is 19.3. The Kier molecular flexibility index (Phi) is 4.44. The topological polar surface area (TPSA) is 35.5 Å². The summed E-state index contributed by atoms with van der Waals surface area (Å²) < 4.78 is 41.2. The average Bonchev–Trinajstić information content (AvgIpc) is 2.40. The number of nitrogens with zero attached hydrogens (tertiary/aromatic N) is 1. The van der Waals surface area contributed by atoms with Gasteiger partial charge >= 0.3 is 0 Å². The summed E-state index contributed by atoms with van der Waals surface area (Å²) in [6, 6.07) is 3.91. The van der Waals surface area contributed by atoms with Crippen LogP contribution in [-0.2, 0) is 0 Å². The fourth-order valence-electron chi connectivity index (χ4n) is 2.43. The standard InChI is InChI=1S/C13H17F3N2O/c14-11-3-1-2-10(8-11)12(13(15,16)9-19)18-6-4-17-5-7-18/h1-3,8,12,17,19H,4-7,9H2/t12-/m0/s1. The van der Waals surface area contributed by atoms with Gasteiger partial charge in [-0.25, -0.2) is 13.2 Å². The van der Waals surface area contributed by atoms with E-state index in [1.54, 1.807) is 4.90 Å². The fourth-order valence-corrected chi connectivity index (χ4v) is 2.43. The van der Waals surface area contributed by atoms with Crippen molar-refractivity contribution < 1.29 is 18.3 Å². The second kappa shape index (κ2) is 5.90. The van der Waals surface area contributed by atoms with E-state index in [2.05, 4.69) is 5.32 Å². The van der Waals surface area contributed by atoms with Gasteiger partial charge < -0.3 is 10.4 Å². The first-order chi connectivity index (χ1) is 9.04. The van der Waals surface area contributed by atoms with Gasteiger partial charge in [-0.15, -0.1) is 0 Å². The molecule has 1 heterocycles. The van der Waals surface area contributed by atoms with Crippen molar-refractivity contribution in [3.05, 3.63) is 35.6 Å². The zero-order chi connectivity index (χ0) is 13.9. The van der Waals surface area contributed by atoms with Gasteiger partial charge in [-0.2, -0.15) is 0 Å². The van der Waals surface area contributed by atoms with Gasteiger partial charge in [0.15, 0.2) is 0 Å². The predicted octanol–water partition coefficient (Wildman–Crippen LogP) is 1.40. The third-order valence-corrected chi connectivity index (χ3v) is 3.29. The molecule has 1 fully saturated rings. The maximum Gasteiger partial charge on any atom is 0.289 e. The molecule has 1 saturated heterocycles. The molecule has 0 amide bonds.